The lowest BCUT2D eigenvalue weighted by atomic mass is 9.84. The van der Waals surface area contributed by atoms with Crippen molar-refractivity contribution in [2.75, 3.05) is 6.61 Å². The van der Waals surface area contributed by atoms with E-state index in [2.05, 4.69) is 24.3 Å². The van der Waals surface area contributed by atoms with Crippen LogP contribution >= 0.6 is 0 Å². The van der Waals surface area contributed by atoms with Gasteiger partial charge in [-0.25, -0.2) is 4.79 Å². The Hall–Kier alpha value is -1.83. The fraction of sp³-hybridized carbons (Fsp3) is 0.353. The van der Waals surface area contributed by atoms with E-state index in [1.54, 1.807) is 0 Å². The molecule has 19 heavy (non-hydrogen) atoms. The van der Waals surface area contributed by atoms with Gasteiger partial charge in [0.1, 0.15) is 0 Å². The van der Waals surface area contributed by atoms with Gasteiger partial charge in [0.15, 0.2) is 0 Å². The van der Waals surface area contributed by atoms with Crippen LogP contribution in [0.4, 0.5) is 0 Å². The molecule has 2 rings (SSSR count). The van der Waals surface area contributed by atoms with E-state index in [1.165, 1.54) is 0 Å². The van der Waals surface area contributed by atoms with Crippen LogP contribution in [0.3, 0.4) is 0 Å². The van der Waals surface area contributed by atoms with Crippen LogP contribution in [0.1, 0.15) is 20.3 Å². The molecule has 0 bridgehead atoms. The number of carbonyl (C=O) groups excluding carboxylic acids is 1. The molecular weight excluding hydrogens is 236 g/mol. The summed E-state index contributed by atoms with van der Waals surface area (Å²) in [6.45, 7) is 4.27. The van der Waals surface area contributed by atoms with Crippen molar-refractivity contribution in [2.24, 2.45) is 11.8 Å². The summed E-state index contributed by atoms with van der Waals surface area (Å²) < 4.78 is 5.20. The first-order chi connectivity index (χ1) is 9.27. The van der Waals surface area contributed by atoms with E-state index < -0.39 is 0 Å². The smallest absolute Gasteiger partial charge is 0.333 e. The first-order valence-electron chi connectivity index (χ1n) is 6.88. The van der Waals surface area contributed by atoms with Gasteiger partial charge in [0.05, 0.1) is 6.61 Å². The Labute approximate surface area is 114 Å². The number of allylic oxidation sites excluding steroid dienone is 9. The Bertz CT molecular complexity index is 435. The lowest BCUT2D eigenvalue weighted by molar-refractivity contribution is -0.138. The summed E-state index contributed by atoms with van der Waals surface area (Å²) in [5.41, 5.74) is 1.96. The Balaban J connectivity index is 2.40. The summed E-state index contributed by atoms with van der Waals surface area (Å²) >= 11 is 0. The molecule has 0 saturated heterocycles. The summed E-state index contributed by atoms with van der Waals surface area (Å²) in [5, 5.41) is 0. The first kappa shape index (κ1) is 13.6. The molecule has 0 unspecified atom stereocenters. The zero-order chi connectivity index (χ0) is 13.7. The molecule has 0 spiro atoms. The molecule has 0 atom stereocenters. The molecule has 0 aliphatic heterocycles. The average Bonchev–Trinajstić information content (AvgIpc) is 3.09. The normalized spacial score (nSPS) is 17.4. The summed E-state index contributed by atoms with van der Waals surface area (Å²) in [6.07, 6.45) is 17.3. The molecule has 2 nitrogen and oxygen atoms in total. The van der Waals surface area contributed by atoms with E-state index in [9.17, 15) is 4.79 Å². The van der Waals surface area contributed by atoms with E-state index in [0.717, 1.165) is 11.1 Å². The highest BCUT2D eigenvalue weighted by molar-refractivity contribution is 5.90. The van der Waals surface area contributed by atoms with Crippen LogP contribution in [0, 0.1) is 11.8 Å². The largest absolute Gasteiger partial charge is 0.463 e. The molecular formula is C17H20O2. The lowest BCUT2D eigenvalue weighted by Crippen LogP contribution is -2.16. The molecule has 0 aromatic heterocycles. The van der Waals surface area contributed by atoms with E-state index >= 15 is 0 Å². The van der Waals surface area contributed by atoms with Crippen LogP contribution in [0.15, 0.2) is 59.8 Å². The number of hydrogen-bond acceptors (Lipinski definition) is 2. The summed E-state index contributed by atoms with van der Waals surface area (Å²) in [6, 6.07) is 0. The molecule has 0 N–H and O–H groups in total. The van der Waals surface area contributed by atoms with E-state index in [1.807, 2.05) is 38.2 Å². The minimum Gasteiger partial charge on any atom is -0.463 e. The van der Waals surface area contributed by atoms with Gasteiger partial charge in [0.25, 0.3) is 0 Å². The zero-order valence-corrected chi connectivity index (χ0v) is 11.5. The molecule has 0 saturated carbocycles. The van der Waals surface area contributed by atoms with Gasteiger partial charge >= 0.3 is 5.97 Å². The van der Waals surface area contributed by atoms with Crippen LogP contribution in [-0.4, -0.2) is 12.6 Å². The second-order valence-electron chi connectivity index (χ2n) is 4.60. The van der Waals surface area contributed by atoms with Gasteiger partial charge < -0.3 is 4.74 Å². The van der Waals surface area contributed by atoms with Gasteiger partial charge in [-0.15, -0.1) is 0 Å². The van der Waals surface area contributed by atoms with Crippen molar-refractivity contribution in [1.29, 1.82) is 0 Å². The van der Waals surface area contributed by atoms with Gasteiger partial charge in [-0.2, -0.15) is 0 Å². The van der Waals surface area contributed by atoms with Crippen molar-refractivity contribution < 1.29 is 9.53 Å². The minimum atomic E-state index is -0.178. The zero-order valence-electron chi connectivity index (χ0n) is 11.5. The van der Waals surface area contributed by atoms with Gasteiger partial charge in [-0.05, 0) is 18.9 Å². The highest BCUT2D eigenvalue weighted by Crippen LogP contribution is 2.34. The minimum absolute atomic E-state index is 0.178. The van der Waals surface area contributed by atoms with Crippen molar-refractivity contribution in [1.82, 2.24) is 0 Å². The molecule has 0 heterocycles. The monoisotopic (exact) mass is 256 g/mol. The third-order valence-corrected chi connectivity index (χ3v) is 3.44. The molecule has 2 heteroatoms. The average molecular weight is 256 g/mol. The molecule has 0 fully saturated rings. The molecule has 0 radical (unpaired) electrons. The maximum Gasteiger partial charge on any atom is 0.333 e. The summed E-state index contributed by atoms with van der Waals surface area (Å²) in [7, 11) is 0. The molecule has 2 aliphatic carbocycles. The van der Waals surface area contributed by atoms with Gasteiger partial charge in [-0.3, -0.25) is 0 Å². The molecule has 0 amide bonds. The quantitative estimate of drug-likeness (QED) is 0.553. The van der Waals surface area contributed by atoms with Crippen molar-refractivity contribution in [2.45, 2.75) is 20.3 Å². The topological polar surface area (TPSA) is 26.3 Å². The first-order valence-corrected chi connectivity index (χ1v) is 6.88. The Kier molecular flexibility index (Phi) is 4.56. The Morgan fingerprint density at radius 2 is 1.42 bits per heavy atom. The highest BCUT2D eigenvalue weighted by atomic mass is 16.5. The number of rotatable bonds is 5. The molecule has 2 aliphatic rings. The SMILES string of the molecule is CCOC(=O)C(CC)=C(C1C=CC=C1)C1C=CC=C1. The predicted octanol–water partition coefficient (Wildman–Crippen LogP) is 3.74. The standard InChI is InChI=1S/C17H20O2/c1-3-15(17(18)19-4-2)16(13-9-5-6-10-13)14-11-7-8-12-14/h5-14H,3-4H2,1-2H3. The van der Waals surface area contributed by atoms with E-state index in [4.69, 9.17) is 4.74 Å². The van der Waals surface area contributed by atoms with Crippen LogP contribution in [0.5, 0.6) is 0 Å². The third-order valence-electron chi connectivity index (χ3n) is 3.44. The Morgan fingerprint density at radius 3 is 1.79 bits per heavy atom. The van der Waals surface area contributed by atoms with Gasteiger partial charge in [0.2, 0.25) is 0 Å². The second kappa shape index (κ2) is 6.37. The fourth-order valence-corrected chi connectivity index (χ4v) is 2.59. The van der Waals surface area contributed by atoms with Crippen LogP contribution in [0.25, 0.3) is 0 Å². The maximum atomic E-state index is 12.2. The highest BCUT2D eigenvalue weighted by Gasteiger charge is 2.25. The number of esters is 1. The number of carbonyl (C=O) groups is 1. The van der Waals surface area contributed by atoms with Gasteiger partial charge in [-0.1, -0.05) is 55.5 Å². The lowest BCUT2D eigenvalue weighted by Gasteiger charge is -2.20. The van der Waals surface area contributed by atoms with Crippen LogP contribution in [0.2, 0.25) is 0 Å². The van der Waals surface area contributed by atoms with E-state index in [-0.39, 0.29) is 17.8 Å². The molecule has 0 aromatic rings. The second-order valence-corrected chi connectivity index (χ2v) is 4.60. The van der Waals surface area contributed by atoms with Crippen molar-refractivity contribution >= 4 is 5.97 Å². The van der Waals surface area contributed by atoms with Crippen molar-refractivity contribution in [3.05, 3.63) is 59.8 Å². The number of ether oxygens (including phenoxy) is 1. The van der Waals surface area contributed by atoms with E-state index in [0.29, 0.717) is 13.0 Å². The van der Waals surface area contributed by atoms with Crippen molar-refractivity contribution in [3.63, 3.8) is 0 Å². The predicted molar refractivity (Wildman–Crippen MR) is 77.5 cm³/mol. The van der Waals surface area contributed by atoms with Crippen LogP contribution < -0.4 is 0 Å². The fourth-order valence-electron chi connectivity index (χ4n) is 2.59. The van der Waals surface area contributed by atoms with Crippen LogP contribution in [-0.2, 0) is 9.53 Å². The maximum absolute atomic E-state index is 12.2. The van der Waals surface area contributed by atoms with Crippen molar-refractivity contribution in [3.8, 4) is 0 Å². The summed E-state index contributed by atoms with van der Waals surface area (Å²) in [4.78, 5) is 12.2. The number of hydrogen-bond donors (Lipinski definition) is 0. The molecule has 100 valence electrons. The third kappa shape index (κ3) is 2.95. The summed E-state index contributed by atoms with van der Waals surface area (Å²) in [5.74, 6) is 0.232. The Morgan fingerprint density at radius 1 is 0.947 bits per heavy atom. The van der Waals surface area contributed by atoms with Gasteiger partial charge in [0, 0.05) is 17.4 Å². The molecule has 0 aromatic carbocycles.